The van der Waals surface area contributed by atoms with Gasteiger partial charge in [0.2, 0.25) is 0 Å². The van der Waals surface area contributed by atoms with Gasteiger partial charge in [-0.15, -0.1) is 0 Å². The van der Waals surface area contributed by atoms with Gasteiger partial charge >= 0.3 is 0 Å². The molecule has 0 bridgehead atoms. The highest BCUT2D eigenvalue weighted by atomic mass is 16.5. The number of hydrogen-bond acceptors (Lipinski definition) is 2. The summed E-state index contributed by atoms with van der Waals surface area (Å²) in [6.07, 6.45) is 0. The van der Waals surface area contributed by atoms with Gasteiger partial charge in [-0.2, -0.15) is 0 Å². The molecule has 0 aliphatic carbocycles. The molecule has 0 saturated heterocycles. The van der Waals surface area contributed by atoms with Crippen molar-refractivity contribution in [1.82, 2.24) is 5.32 Å². The maximum absolute atomic E-state index is 5.96. The average molecular weight is 283 g/mol. The lowest BCUT2D eigenvalue weighted by Gasteiger charge is -2.19. The summed E-state index contributed by atoms with van der Waals surface area (Å²) in [5.41, 5.74) is 2.67. The molecule has 0 saturated carbocycles. The summed E-state index contributed by atoms with van der Waals surface area (Å²) in [6, 6.07) is 16.9. The third kappa shape index (κ3) is 4.08. The summed E-state index contributed by atoms with van der Waals surface area (Å²) in [4.78, 5) is 0. The maximum atomic E-state index is 5.96. The van der Waals surface area contributed by atoms with Gasteiger partial charge in [0.1, 0.15) is 11.5 Å². The van der Waals surface area contributed by atoms with Gasteiger partial charge in [-0.3, -0.25) is 0 Å². The number of rotatable bonds is 4. The Balaban J connectivity index is 2.15. The summed E-state index contributed by atoms with van der Waals surface area (Å²) in [5.74, 6) is 1.75. The molecule has 1 N–H and O–H groups in total. The number of benzene rings is 2. The van der Waals surface area contributed by atoms with Crippen LogP contribution in [-0.4, -0.2) is 7.05 Å². The van der Waals surface area contributed by atoms with E-state index in [1.807, 2.05) is 31.3 Å². The topological polar surface area (TPSA) is 21.3 Å². The van der Waals surface area contributed by atoms with E-state index >= 15 is 0 Å². The minimum Gasteiger partial charge on any atom is -0.457 e. The van der Waals surface area contributed by atoms with Crippen LogP contribution in [0.15, 0.2) is 48.5 Å². The van der Waals surface area contributed by atoms with E-state index in [1.165, 1.54) is 11.1 Å². The van der Waals surface area contributed by atoms with Crippen LogP contribution in [0.2, 0.25) is 0 Å². The van der Waals surface area contributed by atoms with Crippen molar-refractivity contribution >= 4 is 0 Å². The van der Waals surface area contributed by atoms with Crippen LogP contribution in [0.4, 0.5) is 0 Å². The Morgan fingerprint density at radius 2 is 1.62 bits per heavy atom. The minimum atomic E-state index is 0.130. The molecule has 0 spiro atoms. The first-order chi connectivity index (χ1) is 9.90. The molecular formula is C19H25NO. The van der Waals surface area contributed by atoms with Crippen molar-refractivity contribution in [3.63, 3.8) is 0 Å². The lowest BCUT2D eigenvalue weighted by Crippen LogP contribution is -2.11. The molecule has 0 amide bonds. The molecule has 2 nitrogen and oxygen atoms in total. The van der Waals surface area contributed by atoms with Gasteiger partial charge in [0, 0.05) is 6.04 Å². The van der Waals surface area contributed by atoms with Gasteiger partial charge in [0.05, 0.1) is 0 Å². The maximum Gasteiger partial charge on any atom is 0.127 e. The molecule has 112 valence electrons. The summed E-state index contributed by atoms with van der Waals surface area (Å²) >= 11 is 0. The van der Waals surface area contributed by atoms with Crippen LogP contribution in [-0.2, 0) is 5.41 Å². The van der Waals surface area contributed by atoms with Crippen LogP contribution < -0.4 is 10.1 Å². The van der Waals surface area contributed by atoms with Crippen molar-refractivity contribution in [2.24, 2.45) is 0 Å². The average Bonchev–Trinajstić information content (AvgIpc) is 2.47. The van der Waals surface area contributed by atoms with Crippen LogP contribution in [0.3, 0.4) is 0 Å². The second kappa shape index (κ2) is 6.31. The second-order valence-electron chi connectivity index (χ2n) is 6.46. The lowest BCUT2D eigenvalue weighted by atomic mass is 9.87. The van der Waals surface area contributed by atoms with Crippen LogP contribution in [0.1, 0.15) is 44.9 Å². The normalized spacial score (nSPS) is 13.0. The minimum absolute atomic E-state index is 0.130. The third-order valence-corrected chi connectivity index (χ3v) is 3.75. The fourth-order valence-corrected chi connectivity index (χ4v) is 2.15. The van der Waals surface area contributed by atoms with Gasteiger partial charge in [0.15, 0.2) is 0 Å². The summed E-state index contributed by atoms with van der Waals surface area (Å²) < 4.78 is 5.96. The van der Waals surface area contributed by atoms with Crippen LogP contribution in [0.5, 0.6) is 11.5 Å². The molecule has 0 heterocycles. The molecule has 2 heteroatoms. The quantitative estimate of drug-likeness (QED) is 0.847. The highest BCUT2D eigenvalue weighted by Crippen LogP contribution is 2.28. The fourth-order valence-electron chi connectivity index (χ4n) is 2.15. The van der Waals surface area contributed by atoms with E-state index in [-0.39, 0.29) is 5.41 Å². The number of ether oxygens (including phenoxy) is 1. The Labute approximate surface area is 128 Å². The molecule has 0 fully saturated rings. The Kier molecular flexibility index (Phi) is 4.69. The van der Waals surface area contributed by atoms with Gasteiger partial charge in [-0.25, -0.2) is 0 Å². The summed E-state index contributed by atoms with van der Waals surface area (Å²) in [7, 11) is 1.97. The summed E-state index contributed by atoms with van der Waals surface area (Å²) in [6.45, 7) is 8.77. The van der Waals surface area contributed by atoms with Crippen molar-refractivity contribution in [3.05, 3.63) is 59.7 Å². The summed E-state index contributed by atoms with van der Waals surface area (Å²) in [5, 5.41) is 3.23. The zero-order valence-electron chi connectivity index (χ0n) is 13.6. The monoisotopic (exact) mass is 283 g/mol. The number of hydrogen-bond donors (Lipinski definition) is 1. The molecule has 1 atom stereocenters. The van der Waals surface area contributed by atoms with Crippen LogP contribution >= 0.6 is 0 Å². The molecule has 0 radical (unpaired) electrons. The Bertz CT molecular complexity index is 581. The van der Waals surface area contributed by atoms with Crippen LogP contribution in [0, 0.1) is 0 Å². The zero-order valence-corrected chi connectivity index (χ0v) is 13.6. The Morgan fingerprint density at radius 3 is 2.19 bits per heavy atom. The van der Waals surface area contributed by atoms with E-state index in [1.54, 1.807) is 0 Å². The Hall–Kier alpha value is -1.80. The molecule has 2 rings (SSSR count). The van der Waals surface area contributed by atoms with Gasteiger partial charge < -0.3 is 10.1 Å². The van der Waals surface area contributed by atoms with E-state index in [2.05, 4.69) is 57.3 Å². The van der Waals surface area contributed by atoms with Crippen molar-refractivity contribution in [2.75, 3.05) is 7.05 Å². The standard InChI is InChI=1S/C19H25NO/c1-14(20-5)15-9-11-17(12-10-15)21-18-8-6-7-16(13-18)19(2,3)4/h6-14,20H,1-5H3. The fraction of sp³-hybridized carbons (Fsp3) is 0.368. The smallest absolute Gasteiger partial charge is 0.127 e. The van der Waals surface area contributed by atoms with Crippen LogP contribution in [0.25, 0.3) is 0 Å². The third-order valence-electron chi connectivity index (χ3n) is 3.75. The van der Waals surface area contributed by atoms with Crippen molar-refractivity contribution in [2.45, 2.75) is 39.2 Å². The highest BCUT2D eigenvalue weighted by Gasteiger charge is 2.14. The molecule has 2 aromatic carbocycles. The molecule has 21 heavy (non-hydrogen) atoms. The molecule has 2 aromatic rings. The largest absolute Gasteiger partial charge is 0.457 e. The lowest BCUT2D eigenvalue weighted by molar-refractivity contribution is 0.478. The van der Waals surface area contributed by atoms with E-state index < -0.39 is 0 Å². The predicted octanol–water partition coefficient (Wildman–Crippen LogP) is 5.06. The van der Waals surface area contributed by atoms with Gasteiger partial charge in [-0.05, 0) is 54.8 Å². The van der Waals surface area contributed by atoms with Gasteiger partial charge in [-0.1, -0.05) is 45.0 Å². The van der Waals surface area contributed by atoms with Crippen molar-refractivity contribution in [3.8, 4) is 11.5 Å². The first-order valence-electron chi connectivity index (χ1n) is 7.46. The molecule has 1 unspecified atom stereocenters. The van der Waals surface area contributed by atoms with E-state index in [0.717, 1.165) is 11.5 Å². The molecule has 0 aliphatic heterocycles. The molecule has 0 aromatic heterocycles. The molecular weight excluding hydrogens is 258 g/mol. The van der Waals surface area contributed by atoms with E-state index in [9.17, 15) is 0 Å². The van der Waals surface area contributed by atoms with E-state index in [4.69, 9.17) is 4.74 Å². The van der Waals surface area contributed by atoms with Crippen molar-refractivity contribution < 1.29 is 4.74 Å². The second-order valence-corrected chi connectivity index (χ2v) is 6.46. The Morgan fingerprint density at radius 1 is 0.952 bits per heavy atom. The predicted molar refractivity (Wildman–Crippen MR) is 89.1 cm³/mol. The van der Waals surface area contributed by atoms with Gasteiger partial charge in [0.25, 0.3) is 0 Å². The number of nitrogens with one attached hydrogen (secondary N) is 1. The van der Waals surface area contributed by atoms with E-state index in [0.29, 0.717) is 6.04 Å². The first kappa shape index (κ1) is 15.6. The highest BCUT2D eigenvalue weighted by molar-refractivity contribution is 5.37. The SMILES string of the molecule is CNC(C)c1ccc(Oc2cccc(C(C)(C)C)c2)cc1. The molecule has 0 aliphatic rings. The van der Waals surface area contributed by atoms with Crippen molar-refractivity contribution in [1.29, 1.82) is 0 Å². The first-order valence-corrected chi connectivity index (χ1v) is 7.46. The zero-order chi connectivity index (χ0) is 15.5.